The molecule has 0 aliphatic heterocycles. The van der Waals surface area contributed by atoms with E-state index in [1.165, 1.54) is 38.5 Å². The van der Waals surface area contributed by atoms with Crippen LogP contribution >= 0.6 is 7.82 Å². The zero-order valence-corrected chi connectivity index (χ0v) is 22.2. The first kappa shape index (κ1) is 27.9. The average Bonchev–Trinajstić information content (AvgIpc) is 2.88. The summed E-state index contributed by atoms with van der Waals surface area (Å²) >= 11 is 0. The summed E-state index contributed by atoms with van der Waals surface area (Å²) < 4.78 is 56.5. The quantitative estimate of drug-likeness (QED) is 0.0637. The number of rotatable bonds is 20. The Morgan fingerprint density at radius 1 is 0.784 bits per heavy atom. The molecule has 12 nitrogen and oxygen atoms in total. The van der Waals surface area contributed by atoms with Gasteiger partial charge >= 0.3 is 13.8 Å². The molecule has 220 valence electrons. The van der Waals surface area contributed by atoms with E-state index in [4.69, 9.17) is 5.48 Å². The van der Waals surface area contributed by atoms with E-state index in [1.807, 2.05) is 0 Å². The zero-order chi connectivity index (χ0) is 31.4. The second-order valence-electron chi connectivity index (χ2n) is 9.33. The summed E-state index contributed by atoms with van der Waals surface area (Å²) in [6, 6.07) is 0. The number of esters is 1. The summed E-state index contributed by atoms with van der Waals surface area (Å²) in [6.45, 7) is -4.94. The van der Waals surface area contributed by atoms with Crippen LogP contribution < -0.4 is 0 Å². The van der Waals surface area contributed by atoms with E-state index in [1.54, 1.807) is 0 Å². The molecule has 37 heavy (non-hydrogen) atoms. The van der Waals surface area contributed by atoms with Crippen molar-refractivity contribution in [1.82, 2.24) is 0 Å². The van der Waals surface area contributed by atoms with Gasteiger partial charge in [0.2, 0.25) is 0 Å². The van der Waals surface area contributed by atoms with Crippen LogP contribution in [0.3, 0.4) is 0 Å². The minimum Gasteiger partial charge on any atom is -0.463 e. The molecule has 0 radical (unpaired) electrons. The molecule has 13 heteroatoms. The minimum atomic E-state index is -5.70. The van der Waals surface area contributed by atoms with Crippen LogP contribution in [0.15, 0.2) is 0 Å². The second kappa shape index (κ2) is 18.6. The molecule has 6 unspecified atom stereocenters. The van der Waals surface area contributed by atoms with Crippen LogP contribution in [0.25, 0.3) is 0 Å². The summed E-state index contributed by atoms with van der Waals surface area (Å²) in [6.07, 6.45) is -3.53. The molecule has 0 aromatic heterocycles. The van der Waals surface area contributed by atoms with Gasteiger partial charge in [0.1, 0.15) is 49.3 Å². The standard InChI is InChI=1S/C24H47O12P/c1-2-3-4-5-6-7-8-9-10-11-12-13-14-18(26)34-15-17(25)16-35-37(32,33)36-24-22(30)20(28)19(27)21(29)23(24)31/h17,19-25,27-31H,2-16H2,1H3,(H,32,33)/t17-,19?,20-,21?,22?,23?,24?/m1/s1/i15D2,16D2. The van der Waals surface area contributed by atoms with Crippen molar-refractivity contribution < 1.29 is 64.2 Å². The van der Waals surface area contributed by atoms with Gasteiger partial charge in [0.05, 0.1) is 12.0 Å². The molecule has 0 heterocycles. The Labute approximate surface area is 224 Å². The highest BCUT2D eigenvalue weighted by atomic mass is 31.2. The van der Waals surface area contributed by atoms with Gasteiger partial charge in [0.15, 0.2) is 0 Å². The van der Waals surface area contributed by atoms with Crippen LogP contribution in [0.2, 0.25) is 0 Å². The number of phosphoric ester groups is 1. The Hall–Kier alpha value is -0.660. The van der Waals surface area contributed by atoms with Gasteiger partial charge in [-0.2, -0.15) is 0 Å². The van der Waals surface area contributed by atoms with Gasteiger partial charge in [0, 0.05) is 6.42 Å². The first-order chi connectivity index (χ1) is 19.0. The van der Waals surface area contributed by atoms with Crippen LogP contribution in [0.1, 0.15) is 95.9 Å². The molecule has 0 bridgehead atoms. The SMILES string of the molecule is [2H]C([2H])(OC(=O)CCCCCCCCCCCCCC)[C@@H](O)C([2H])([2H])OP(=O)(O)OC1C(O)C(O)C(O)[C@@H](O)C1O. The van der Waals surface area contributed by atoms with Crippen molar-refractivity contribution in [3.05, 3.63) is 0 Å². The van der Waals surface area contributed by atoms with Gasteiger partial charge in [-0.1, -0.05) is 77.6 Å². The Kier molecular flexibility index (Phi) is 14.0. The summed E-state index contributed by atoms with van der Waals surface area (Å²) in [5.41, 5.74) is 0. The molecule has 0 aromatic rings. The third-order valence-corrected chi connectivity index (χ3v) is 6.97. The van der Waals surface area contributed by atoms with E-state index in [0.29, 0.717) is 12.8 Å². The van der Waals surface area contributed by atoms with Gasteiger partial charge in [-0.3, -0.25) is 13.8 Å². The molecular formula is C24H47O12P. The van der Waals surface area contributed by atoms with E-state index < -0.39 is 69.6 Å². The Morgan fingerprint density at radius 3 is 1.70 bits per heavy atom. The minimum absolute atomic E-state index is 0.205. The lowest BCUT2D eigenvalue weighted by Crippen LogP contribution is -2.64. The van der Waals surface area contributed by atoms with Gasteiger partial charge in [0.25, 0.3) is 0 Å². The van der Waals surface area contributed by atoms with Crippen molar-refractivity contribution in [3.8, 4) is 0 Å². The van der Waals surface area contributed by atoms with Gasteiger partial charge in [-0.15, -0.1) is 0 Å². The smallest absolute Gasteiger partial charge is 0.463 e. The monoisotopic (exact) mass is 562 g/mol. The summed E-state index contributed by atoms with van der Waals surface area (Å²) in [5.74, 6) is -1.07. The predicted molar refractivity (Wildman–Crippen MR) is 133 cm³/mol. The molecular weight excluding hydrogens is 511 g/mol. The average molecular weight is 563 g/mol. The summed E-state index contributed by atoms with van der Waals surface area (Å²) in [5, 5.41) is 59.0. The molecule has 1 saturated carbocycles. The molecule has 0 aromatic carbocycles. The van der Waals surface area contributed by atoms with E-state index >= 15 is 0 Å². The lowest BCUT2D eigenvalue weighted by atomic mass is 9.85. The van der Waals surface area contributed by atoms with Crippen LogP contribution in [0.5, 0.6) is 0 Å². The zero-order valence-electron chi connectivity index (χ0n) is 25.4. The van der Waals surface area contributed by atoms with Crippen LogP contribution in [-0.2, 0) is 23.1 Å². The number of aliphatic hydroxyl groups excluding tert-OH is 6. The first-order valence-electron chi connectivity index (χ1n) is 15.0. The fourth-order valence-corrected chi connectivity index (χ4v) is 4.75. The van der Waals surface area contributed by atoms with Crippen molar-refractivity contribution >= 4 is 13.8 Å². The Morgan fingerprint density at radius 2 is 1.22 bits per heavy atom. The first-order valence-corrected chi connectivity index (χ1v) is 14.5. The lowest BCUT2D eigenvalue weighted by Gasteiger charge is -2.41. The molecule has 1 aliphatic carbocycles. The molecule has 0 saturated heterocycles. The number of hydrogen-bond donors (Lipinski definition) is 7. The van der Waals surface area contributed by atoms with Crippen molar-refractivity contribution in [2.45, 2.75) is 133 Å². The Balaban J connectivity index is 2.48. The van der Waals surface area contributed by atoms with Crippen molar-refractivity contribution in [2.24, 2.45) is 0 Å². The molecule has 0 spiro atoms. The van der Waals surface area contributed by atoms with Crippen LogP contribution in [0, 0.1) is 0 Å². The topological polar surface area (TPSA) is 203 Å². The van der Waals surface area contributed by atoms with E-state index in [2.05, 4.69) is 20.7 Å². The van der Waals surface area contributed by atoms with Crippen molar-refractivity contribution in [1.29, 1.82) is 0 Å². The number of phosphoric acid groups is 1. The third kappa shape index (κ3) is 13.8. The van der Waals surface area contributed by atoms with Gasteiger partial charge < -0.3 is 40.3 Å². The van der Waals surface area contributed by atoms with Crippen LogP contribution in [0.4, 0.5) is 0 Å². The third-order valence-electron chi connectivity index (χ3n) is 6.13. The molecule has 8 atom stereocenters. The molecule has 1 rings (SSSR count). The number of carbonyl (C=O) groups excluding carboxylic acids is 1. The van der Waals surface area contributed by atoms with E-state index in [0.717, 1.165) is 25.7 Å². The summed E-state index contributed by atoms with van der Waals surface area (Å²) in [4.78, 5) is 22.0. The lowest BCUT2D eigenvalue weighted by molar-refractivity contribution is -0.220. The number of hydrogen-bond acceptors (Lipinski definition) is 11. The summed E-state index contributed by atoms with van der Waals surface area (Å²) in [7, 11) is -5.70. The molecule has 0 amide bonds. The second-order valence-corrected chi connectivity index (χ2v) is 10.7. The van der Waals surface area contributed by atoms with Crippen molar-refractivity contribution in [3.63, 3.8) is 0 Å². The fraction of sp³-hybridized carbons (Fsp3) is 0.958. The van der Waals surface area contributed by atoms with Gasteiger partial charge in [-0.05, 0) is 6.42 Å². The molecule has 7 N–H and O–H groups in total. The fourth-order valence-electron chi connectivity index (χ4n) is 3.92. The van der Waals surface area contributed by atoms with Gasteiger partial charge in [-0.25, -0.2) is 4.57 Å². The Bertz CT molecular complexity index is 808. The maximum atomic E-state index is 12.4. The molecule has 1 fully saturated rings. The number of aliphatic hydroxyl groups is 6. The van der Waals surface area contributed by atoms with E-state index in [9.17, 15) is 44.9 Å². The molecule has 1 aliphatic rings. The number of carbonyl (C=O) groups is 1. The normalized spacial score (nSPS) is 30.9. The largest absolute Gasteiger partial charge is 0.472 e. The predicted octanol–water partition coefficient (Wildman–Crippen LogP) is 1.30. The maximum absolute atomic E-state index is 12.4. The van der Waals surface area contributed by atoms with Crippen molar-refractivity contribution in [2.75, 3.05) is 13.1 Å². The highest BCUT2D eigenvalue weighted by Gasteiger charge is 2.51. The van der Waals surface area contributed by atoms with E-state index in [-0.39, 0.29) is 6.42 Å². The maximum Gasteiger partial charge on any atom is 0.472 e. The number of ether oxygens (including phenoxy) is 1. The highest BCUT2D eigenvalue weighted by molar-refractivity contribution is 7.47. The number of unbranched alkanes of at least 4 members (excludes halogenated alkanes) is 11. The van der Waals surface area contributed by atoms with Crippen LogP contribution in [-0.4, -0.2) is 97.3 Å². The highest BCUT2D eigenvalue weighted by Crippen LogP contribution is 2.47.